The molecular weight excluding hydrogens is 318 g/mol. The Morgan fingerprint density at radius 2 is 2.16 bits per heavy atom. The fraction of sp³-hybridized carbons (Fsp3) is 0.700. The predicted molar refractivity (Wildman–Crippen MR) is 90.2 cm³/mol. The van der Waals surface area contributed by atoms with Crippen LogP contribution < -0.4 is 0 Å². The lowest BCUT2D eigenvalue weighted by molar-refractivity contribution is -0.287. The molecule has 5 nitrogen and oxygen atoms in total. The maximum absolute atomic E-state index is 11.8. The minimum absolute atomic E-state index is 0.121. The summed E-state index contributed by atoms with van der Waals surface area (Å²) in [6.45, 7) is 2.06. The monoisotopic (exact) mass is 343 g/mol. The summed E-state index contributed by atoms with van der Waals surface area (Å²) in [4.78, 5) is 16.7. The van der Waals surface area contributed by atoms with Crippen molar-refractivity contribution in [2.75, 3.05) is 0 Å². The normalized spacial score (nSPS) is 43.0. The lowest BCUT2D eigenvalue weighted by atomic mass is 9.54. The number of fused-ring (bicyclic) bond motifs is 4. The zero-order chi connectivity index (χ0) is 17.8. The molecule has 0 aromatic carbocycles. The Morgan fingerprint density at radius 1 is 1.36 bits per heavy atom. The molecule has 0 radical (unpaired) electrons. The van der Waals surface area contributed by atoms with Crippen LogP contribution >= 0.6 is 0 Å². The van der Waals surface area contributed by atoms with Gasteiger partial charge in [0.05, 0.1) is 18.1 Å². The van der Waals surface area contributed by atoms with Crippen LogP contribution in [0.4, 0.5) is 0 Å². The van der Waals surface area contributed by atoms with Gasteiger partial charge in [-0.1, -0.05) is 6.92 Å². The second kappa shape index (κ2) is 5.77. The number of hydrogen-bond acceptors (Lipinski definition) is 5. The summed E-state index contributed by atoms with van der Waals surface area (Å²) in [6, 6.07) is 2.15. The van der Waals surface area contributed by atoms with Gasteiger partial charge in [-0.2, -0.15) is 5.26 Å². The first-order chi connectivity index (χ1) is 11.9. The van der Waals surface area contributed by atoms with Crippen LogP contribution in [0.3, 0.4) is 0 Å². The SMILES string of the molecule is C[C@]12C[C@H](OO)C3=C4CCC(=O)C=C4CC[C@H]3[C@@H]1CC[C@@]2(O)CC#N. The van der Waals surface area contributed by atoms with Crippen molar-refractivity contribution >= 4 is 5.78 Å². The van der Waals surface area contributed by atoms with E-state index in [9.17, 15) is 20.4 Å². The molecule has 2 fully saturated rings. The van der Waals surface area contributed by atoms with Gasteiger partial charge in [0.1, 0.15) is 6.10 Å². The summed E-state index contributed by atoms with van der Waals surface area (Å²) < 4.78 is 0. The number of aliphatic hydroxyl groups is 1. The van der Waals surface area contributed by atoms with Crippen molar-refractivity contribution in [1.82, 2.24) is 0 Å². The quantitative estimate of drug-likeness (QED) is 0.593. The van der Waals surface area contributed by atoms with Crippen molar-refractivity contribution in [3.05, 3.63) is 22.8 Å². The summed E-state index contributed by atoms with van der Waals surface area (Å²) in [5.74, 6) is 0.729. The third kappa shape index (κ3) is 2.28. The second-order valence-electron chi connectivity index (χ2n) is 8.44. The van der Waals surface area contributed by atoms with Crippen LogP contribution in [0.5, 0.6) is 0 Å². The largest absolute Gasteiger partial charge is 0.388 e. The van der Waals surface area contributed by atoms with Gasteiger partial charge < -0.3 is 5.11 Å². The summed E-state index contributed by atoms with van der Waals surface area (Å²) >= 11 is 0. The van der Waals surface area contributed by atoms with E-state index in [1.807, 2.05) is 0 Å². The van der Waals surface area contributed by atoms with Gasteiger partial charge in [0.25, 0.3) is 0 Å². The highest BCUT2D eigenvalue weighted by atomic mass is 17.1. The van der Waals surface area contributed by atoms with Crippen molar-refractivity contribution in [1.29, 1.82) is 5.26 Å². The van der Waals surface area contributed by atoms with Crippen LogP contribution in [-0.2, 0) is 9.68 Å². The number of rotatable bonds is 2. The summed E-state index contributed by atoms with van der Waals surface area (Å²) in [5, 5.41) is 30.0. The average molecular weight is 343 g/mol. The molecule has 4 aliphatic rings. The van der Waals surface area contributed by atoms with E-state index in [4.69, 9.17) is 4.89 Å². The maximum Gasteiger partial charge on any atom is 0.156 e. The first-order valence-electron chi connectivity index (χ1n) is 9.30. The van der Waals surface area contributed by atoms with Crippen molar-refractivity contribution in [3.8, 4) is 6.07 Å². The van der Waals surface area contributed by atoms with Crippen LogP contribution in [0.15, 0.2) is 22.8 Å². The van der Waals surface area contributed by atoms with E-state index in [0.717, 1.165) is 36.8 Å². The second-order valence-corrected chi connectivity index (χ2v) is 8.44. The van der Waals surface area contributed by atoms with E-state index in [1.165, 1.54) is 5.57 Å². The van der Waals surface area contributed by atoms with E-state index in [1.54, 1.807) is 6.08 Å². The zero-order valence-corrected chi connectivity index (χ0v) is 14.6. The van der Waals surface area contributed by atoms with E-state index in [-0.39, 0.29) is 18.1 Å². The number of carbonyl (C=O) groups is 1. The summed E-state index contributed by atoms with van der Waals surface area (Å²) in [7, 11) is 0. The van der Waals surface area contributed by atoms with Gasteiger partial charge in [0, 0.05) is 11.8 Å². The Bertz CT molecular complexity index is 718. The molecule has 5 heteroatoms. The van der Waals surface area contributed by atoms with Gasteiger partial charge in [-0.05, 0) is 73.2 Å². The minimum atomic E-state index is -1.02. The van der Waals surface area contributed by atoms with Gasteiger partial charge in [-0.3, -0.25) is 10.1 Å². The molecule has 0 unspecified atom stereocenters. The highest BCUT2D eigenvalue weighted by Crippen LogP contribution is 2.64. The Morgan fingerprint density at radius 3 is 2.88 bits per heavy atom. The van der Waals surface area contributed by atoms with Crippen LogP contribution in [0.1, 0.15) is 58.3 Å². The smallest absolute Gasteiger partial charge is 0.156 e. The van der Waals surface area contributed by atoms with Crippen molar-refractivity contribution in [3.63, 3.8) is 0 Å². The Labute approximate surface area is 147 Å². The molecule has 0 amide bonds. The molecule has 5 atom stereocenters. The number of nitriles is 1. The third-order valence-corrected chi connectivity index (χ3v) is 7.51. The molecule has 2 N–H and O–H groups in total. The fourth-order valence-corrected chi connectivity index (χ4v) is 6.20. The van der Waals surface area contributed by atoms with E-state index < -0.39 is 17.1 Å². The maximum atomic E-state index is 11.8. The topological polar surface area (TPSA) is 90.6 Å². The van der Waals surface area contributed by atoms with Crippen molar-refractivity contribution < 1.29 is 20.0 Å². The molecule has 2 saturated carbocycles. The molecule has 0 aliphatic heterocycles. The molecule has 0 aromatic heterocycles. The summed E-state index contributed by atoms with van der Waals surface area (Å²) in [6.07, 6.45) is 6.51. The Kier molecular flexibility index (Phi) is 3.91. The molecule has 4 rings (SSSR count). The Hall–Kier alpha value is -1.48. The Balaban J connectivity index is 1.80. The molecule has 25 heavy (non-hydrogen) atoms. The first kappa shape index (κ1) is 17.0. The van der Waals surface area contributed by atoms with E-state index in [2.05, 4.69) is 13.0 Å². The predicted octanol–water partition coefficient (Wildman–Crippen LogP) is 3.31. The number of carbonyl (C=O) groups excluding carboxylic acids is 1. The van der Waals surface area contributed by atoms with Gasteiger partial charge in [0.15, 0.2) is 5.78 Å². The molecule has 0 spiro atoms. The number of allylic oxidation sites excluding steroid dienone is 3. The van der Waals surface area contributed by atoms with Crippen LogP contribution in [0.2, 0.25) is 0 Å². The van der Waals surface area contributed by atoms with Crippen LogP contribution in [0, 0.1) is 28.6 Å². The molecule has 134 valence electrons. The average Bonchev–Trinajstić information content (AvgIpc) is 2.85. The van der Waals surface area contributed by atoms with Crippen molar-refractivity contribution in [2.24, 2.45) is 17.3 Å². The highest BCUT2D eigenvalue weighted by molar-refractivity contribution is 5.93. The van der Waals surface area contributed by atoms with Gasteiger partial charge >= 0.3 is 0 Å². The number of hydrogen-bond donors (Lipinski definition) is 2. The van der Waals surface area contributed by atoms with Gasteiger partial charge in [0.2, 0.25) is 0 Å². The standard InChI is InChI=1S/C20H25NO4/c1-19-11-17(25-24)18-14-5-3-13(22)10-12(14)2-4-15(18)16(19)6-7-20(19,23)8-9-21/h10,15-17,23-24H,2-8,11H2,1H3/t15-,16-,17-,19-,20+/m0/s1. The molecular formula is C20H25NO4. The van der Waals surface area contributed by atoms with Crippen LogP contribution in [0.25, 0.3) is 0 Å². The fourth-order valence-electron chi connectivity index (χ4n) is 6.20. The summed E-state index contributed by atoms with van der Waals surface area (Å²) in [5.41, 5.74) is 2.01. The van der Waals surface area contributed by atoms with E-state index in [0.29, 0.717) is 25.2 Å². The highest BCUT2D eigenvalue weighted by Gasteiger charge is 2.63. The lowest BCUT2D eigenvalue weighted by Crippen LogP contribution is -2.53. The van der Waals surface area contributed by atoms with E-state index >= 15 is 0 Å². The minimum Gasteiger partial charge on any atom is -0.388 e. The zero-order valence-electron chi connectivity index (χ0n) is 14.6. The van der Waals surface area contributed by atoms with Gasteiger partial charge in [-0.25, -0.2) is 4.89 Å². The molecule has 0 saturated heterocycles. The molecule has 0 bridgehead atoms. The van der Waals surface area contributed by atoms with Gasteiger partial charge in [-0.15, -0.1) is 0 Å². The lowest BCUT2D eigenvalue weighted by Gasteiger charge is -2.53. The third-order valence-electron chi connectivity index (χ3n) is 7.51. The molecule has 4 aliphatic carbocycles. The van der Waals surface area contributed by atoms with Crippen LogP contribution in [-0.4, -0.2) is 27.9 Å². The van der Waals surface area contributed by atoms with Crippen molar-refractivity contribution in [2.45, 2.75) is 70.0 Å². The molecule has 0 heterocycles. The number of nitrogens with zero attached hydrogens (tertiary/aromatic N) is 1. The number of ketones is 1. The first-order valence-corrected chi connectivity index (χ1v) is 9.30. The molecule has 0 aromatic rings.